The Morgan fingerprint density at radius 1 is 1.50 bits per heavy atom. The van der Waals surface area contributed by atoms with Gasteiger partial charge in [-0.25, -0.2) is 0 Å². The molecule has 0 saturated carbocycles. The lowest BCUT2D eigenvalue weighted by Crippen LogP contribution is -2.58. The predicted molar refractivity (Wildman–Crippen MR) is 77.2 cm³/mol. The molecule has 2 N–H and O–H groups in total. The summed E-state index contributed by atoms with van der Waals surface area (Å²) in [7, 11) is 0. The lowest BCUT2D eigenvalue weighted by molar-refractivity contribution is -0.139. The van der Waals surface area contributed by atoms with Gasteiger partial charge in [0, 0.05) is 32.2 Å². The Morgan fingerprint density at radius 2 is 2.20 bits per heavy atom. The zero-order chi connectivity index (χ0) is 15.1. The number of aliphatic hydroxyl groups is 1. The second kappa shape index (κ2) is 8.21. The van der Waals surface area contributed by atoms with Gasteiger partial charge in [-0.1, -0.05) is 6.92 Å². The smallest absolute Gasteiger partial charge is 0.237 e. The van der Waals surface area contributed by atoms with Gasteiger partial charge < -0.3 is 15.3 Å². The van der Waals surface area contributed by atoms with Crippen molar-refractivity contribution in [1.82, 2.24) is 15.1 Å². The first-order valence-electron chi connectivity index (χ1n) is 7.43. The molecule has 20 heavy (non-hydrogen) atoms. The van der Waals surface area contributed by atoms with Gasteiger partial charge in [0.05, 0.1) is 19.1 Å². The van der Waals surface area contributed by atoms with Crippen LogP contribution in [-0.2, 0) is 9.59 Å². The van der Waals surface area contributed by atoms with Crippen LogP contribution in [0.4, 0.5) is 0 Å². The van der Waals surface area contributed by atoms with Crippen LogP contribution >= 0.6 is 0 Å². The van der Waals surface area contributed by atoms with Crippen molar-refractivity contribution >= 4 is 11.8 Å². The van der Waals surface area contributed by atoms with Crippen LogP contribution in [0.5, 0.6) is 0 Å². The molecule has 0 spiro atoms. The van der Waals surface area contributed by atoms with Gasteiger partial charge in [-0.3, -0.25) is 14.5 Å². The van der Waals surface area contributed by atoms with Crippen molar-refractivity contribution in [3.63, 3.8) is 0 Å². The number of amides is 2. The van der Waals surface area contributed by atoms with E-state index in [4.69, 9.17) is 5.11 Å². The molecule has 6 nitrogen and oxygen atoms in total. The minimum atomic E-state index is -0.394. The van der Waals surface area contributed by atoms with E-state index < -0.39 is 6.04 Å². The summed E-state index contributed by atoms with van der Waals surface area (Å²) in [4.78, 5) is 28.0. The monoisotopic (exact) mass is 285 g/mol. The van der Waals surface area contributed by atoms with Gasteiger partial charge in [0.2, 0.25) is 11.8 Å². The third-order valence-electron chi connectivity index (χ3n) is 3.62. The molecule has 0 bridgehead atoms. The molecule has 0 aliphatic carbocycles. The molecule has 0 radical (unpaired) electrons. The third kappa shape index (κ3) is 4.45. The van der Waals surface area contributed by atoms with E-state index in [1.807, 2.05) is 20.8 Å². The highest BCUT2D eigenvalue weighted by molar-refractivity contribution is 5.88. The van der Waals surface area contributed by atoms with Crippen molar-refractivity contribution in [2.24, 2.45) is 0 Å². The Kier molecular flexibility index (Phi) is 6.95. The Balaban J connectivity index is 2.70. The molecule has 0 aromatic carbocycles. The number of rotatable bonds is 7. The molecule has 1 aliphatic heterocycles. The van der Waals surface area contributed by atoms with Crippen LogP contribution in [-0.4, -0.2) is 71.6 Å². The molecular formula is C14H27N3O3. The third-order valence-corrected chi connectivity index (χ3v) is 3.62. The standard InChI is InChI=1S/C14H27N3O3/c1-4-6-16(8-9-18)13(19)10-12-14(20)15-5-7-17(12)11(2)3/h11-12,18H,4-10H2,1-3H3,(H,15,20). The topological polar surface area (TPSA) is 72.9 Å². The fraction of sp³-hybridized carbons (Fsp3) is 0.857. The van der Waals surface area contributed by atoms with Gasteiger partial charge in [-0.05, 0) is 20.3 Å². The fourth-order valence-electron chi connectivity index (χ4n) is 2.61. The Bertz CT molecular complexity index is 328. The summed E-state index contributed by atoms with van der Waals surface area (Å²) in [5.41, 5.74) is 0. The first-order chi connectivity index (χ1) is 9.51. The molecule has 2 amide bonds. The zero-order valence-corrected chi connectivity index (χ0v) is 12.8. The van der Waals surface area contributed by atoms with E-state index >= 15 is 0 Å². The molecule has 1 aliphatic rings. The first kappa shape index (κ1) is 16.9. The van der Waals surface area contributed by atoms with Gasteiger partial charge in [0.25, 0.3) is 0 Å². The van der Waals surface area contributed by atoms with Crippen LogP contribution < -0.4 is 5.32 Å². The molecule has 1 heterocycles. The van der Waals surface area contributed by atoms with Gasteiger partial charge in [0.1, 0.15) is 0 Å². The number of aliphatic hydroxyl groups excluding tert-OH is 1. The minimum Gasteiger partial charge on any atom is -0.395 e. The van der Waals surface area contributed by atoms with Gasteiger partial charge in [0.15, 0.2) is 0 Å². The average Bonchev–Trinajstić information content (AvgIpc) is 2.40. The summed E-state index contributed by atoms with van der Waals surface area (Å²) in [6.45, 7) is 8.38. The molecule has 0 aromatic heterocycles. The summed E-state index contributed by atoms with van der Waals surface area (Å²) in [5, 5.41) is 11.9. The Hall–Kier alpha value is -1.14. The summed E-state index contributed by atoms with van der Waals surface area (Å²) in [5.74, 6) is -0.132. The lowest BCUT2D eigenvalue weighted by Gasteiger charge is -2.38. The van der Waals surface area contributed by atoms with Crippen molar-refractivity contribution in [1.29, 1.82) is 0 Å². The quantitative estimate of drug-likeness (QED) is 0.680. The van der Waals surface area contributed by atoms with Crippen LogP contribution in [0.15, 0.2) is 0 Å². The lowest BCUT2D eigenvalue weighted by atomic mass is 10.1. The van der Waals surface area contributed by atoms with Gasteiger partial charge in [-0.2, -0.15) is 0 Å². The fourth-order valence-corrected chi connectivity index (χ4v) is 2.61. The van der Waals surface area contributed by atoms with Crippen molar-refractivity contribution < 1.29 is 14.7 Å². The summed E-state index contributed by atoms with van der Waals surface area (Å²) in [6, 6.07) is -0.161. The maximum atomic E-state index is 12.3. The number of nitrogens with zero attached hydrogens (tertiary/aromatic N) is 2. The average molecular weight is 285 g/mol. The number of nitrogens with one attached hydrogen (secondary N) is 1. The maximum Gasteiger partial charge on any atom is 0.237 e. The number of piperazine rings is 1. The van der Waals surface area contributed by atoms with Crippen molar-refractivity contribution in [2.75, 3.05) is 32.8 Å². The van der Waals surface area contributed by atoms with Crippen molar-refractivity contribution in [3.8, 4) is 0 Å². The maximum absolute atomic E-state index is 12.3. The zero-order valence-electron chi connectivity index (χ0n) is 12.8. The Labute approximate surface area is 121 Å². The van der Waals surface area contributed by atoms with Crippen LogP contribution in [0.2, 0.25) is 0 Å². The van der Waals surface area contributed by atoms with Gasteiger partial charge >= 0.3 is 0 Å². The Morgan fingerprint density at radius 3 is 2.75 bits per heavy atom. The summed E-state index contributed by atoms with van der Waals surface area (Å²) in [6.07, 6.45) is 1.03. The van der Waals surface area contributed by atoms with Crippen LogP contribution in [0, 0.1) is 0 Å². The normalized spacial score (nSPS) is 20.1. The van der Waals surface area contributed by atoms with Crippen LogP contribution in [0.25, 0.3) is 0 Å². The number of hydrogen-bond donors (Lipinski definition) is 2. The van der Waals surface area contributed by atoms with E-state index in [0.717, 1.165) is 13.0 Å². The first-order valence-corrected chi connectivity index (χ1v) is 7.43. The highest BCUT2D eigenvalue weighted by atomic mass is 16.3. The predicted octanol–water partition coefficient (Wildman–Crippen LogP) is -0.184. The molecular weight excluding hydrogens is 258 g/mol. The van der Waals surface area contributed by atoms with Crippen molar-refractivity contribution in [3.05, 3.63) is 0 Å². The van der Waals surface area contributed by atoms with E-state index in [0.29, 0.717) is 19.6 Å². The van der Waals surface area contributed by atoms with E-state index in [2.05, 4.69) is 10.2 Å². The van der Waals surface area contributed by atoms with E-state index in [1.54, 1.807) is 4.90 Å². The molecule has 1 rings (SSSR count). The van der Waals surface area contributed by atoms with E-state index in [-0.39, 0.29) is 30.9 Å². The molecule has 1 atom stereocenters. The highest BCUT2D eigenvalue weighted by Gasteiger charge is 2.33. The molecule has 116 valence electrons. The summed E-state index contributed by atoms with van der Waals surface area (Å²) >= 11 is 0. The highest BCUT2D eigenvalue weighted by Crippen LogP contribution is 2.14. The largest absolute Gasteiger partial charge is 0.395 e. The second-order valence-corrected chi connectivity index (χ2v) is 5.45. The van der Waals surface area contributed by atoms with Gasteiger partial charge in [-0.15, -0.1) is 0 Å². The second-order valence-electron chi connectivity index (χ2n) is 5.45. The summed E-state index contributed by atoms with van der Waals surface area (Å²) < 4.78 is 0. The molecule has 1 unspecified atom stereocenters. The number of hydrogen-bond acceptors (Lipinski definition) is 4. The molecule has 0 aromatic rings. The van der Waals surface area contributed by atoms with E-state index in [9.17, 15) is 9.59 Å². The van der Waals surface area contributed by atoms with E-state index in [1.165, 1.54) is 0 Å². The SMILES string of the molecule is CCCN(CCO)C(=O)CC1C(=O)NCCN1C(C)C. The van der Waals surface area contributed by atoms with Crippen LogP contribution in [0.1, 0.15) is 33.6 Å². The number of carbonyl (C=O) groups is 2. The molecule has 1 saturated heterocycles. The van der Waals surface area contributed by atoms with Crippen LogP contribution in [0.3, 0.4) is 0 Å². The number of carbonyl (C=O) groups excluding carboxylic acids is 2. The molecule has 6 heteroatoms. The molecule has 1 fully saturated rings. The van der Waals surface area contributed by atoms with Crippen molar-refractivity contribution in [2.45, 2.75) is 45.7 Å². The minimum absolute atomic E-state index is 0.0451.